The number of aromatic nitrogens is 2. The number of hydrogen-bond donors (Lipinski definition) is 0. The Morgan fingerprint density at radius 3 is 2.50 bits per heavy atom. The van der Waals surface area contributed by atoms with Crippen LogP contribution in [0.5, 0.6) is 6.01 Å². The molecule has 2 aliphatic rings. The number of anilines is 2. The van der Waals surface area contributed by atoms with E-state index >= 15 is 0 Å². The lowest BCUT2D eigenvalue weighted by molar-refractivity contribution is -0.126. The van der Waals surface area contributed by atoms with Gasteiger partial charge in [-0.2, -0.15) is 9.97 Å². The maximum absolute atomic E-state index is 12.4. The van der Waals surface area contributed by atoms with Crippen molar-refractivity contribution in [3.05, 3.63) is 65.4 Å². The normalized spacial score (nSPS) is 16.2. The summed E-state index contributed by atoms with van der Waals surface area (Å²) in [5, 5.41) is 2.47. The minimum Gasteiger partial charge on any atom is -0.467 e. The number of carbonyl (C=O) groups excluding carboxylic acids is 1. The first-order valence-corrected chi connectivity index (χ1v) is 12.1. The average Bonchev–Trinajstić information content (AvgIpc) is 2.90. The van der Waals surface area contributed by atoms with Crippen LogP contribution < -0.4 is 14.5 Å². The maximum Gasteiger partial charge on any atom is 0.318 e. The molecule has 2 aromatic carbocycles. The van der Waals surface area contributed by atoms with Crippen molar-refractivity contribution in [1.29, 1.82) is 0 Å². The van der Waals surface area contributed by atoms with Gasteiger partial charge in [-0.3, -0.25) is 4.79 Å². The SMILES string of the molecule is COc1nc2c(c(N3CCN(C(=O)/C=C/C(F)F)CC3)n1)CCN(c1cccc3cccc(C)c13)C2. The smallest absolute Gasteiger partial charge is 0.318 e. The van der Waals surface area contributed by atoms with Crippen LogP contribution in [0.15, 0.2) is 48.6 Å². The van der Waals surface area contributed by atoms with E-state index in [4.69, 9.17) is 9.72 Å². The average molecular weight is 494 g/mol. The fraction of sp³-hybridized carbons (Fsp3) is 0.370. The molecule has 3 aromatic rings. The summed E-state index contributed by atoms with van der Waals surface area (Å²) < 4.78 is 30.3. The highest BCUT2D eigenvalue weighted by atomic mass is 19.3. The number of methoxy groups -OCH3 is 1. The number of ether oxygens (including phenoxy) is 1. The molecule has 0 atom stereocenters. The molecule has 9 heteroatoms. The standard InChI is InChI=1S/C27H29F2N5O2/c1-18-5-3-6-19-7-4-8-22(25(18)19)34-12-11-20-21(17-34)30-27(36-2)31-26(20)33-15-13-32(14-16-33)24(35)10-9-23(28)29/h3-10,23H,11-17H2,1-2H3/b10-9+. The summed E-state index contributed by atoms with van der Waals surface area (Å²) in [5.74, 6) is 0.444. The predicted molar refractivity (Wildman–Crippen MR) is 136 cm³/mol. The number of fused-ring (bicyclic) bond motifs is 2. The van der Waals surface area contributed by atoms with Crippen molar-refractivity contribution in [2.24, 2.45) is 0 Å². The van der Waals surface area contributed by atoms with Gasteiger partial charge in [0.2, 0.25) is 5.91 Å². The first-order chi connectivity index (χ1) is 17.4. The lowest BCUT2D eigenvalue weighted by Gasteiger charge is -2.38. The highest BCUT2D eigenvalue weighted by Crippen LogP contribution is 2.35. The zero-order valence-corrected chi connectivity index (χ0v) is 20.5. The van der Waals surface area contributed by atoms with Crippen LogP contribution in [0, 0.1) is 6.92 Å². The second kappa shape index (κ2) is 10.1. The second-order valence-electron chi connectivity index (χ2n) is 9.09. The summed E-state index contributed by atoms with van der Waals surface area (Å²) in [5.41, 5.74) is 4.47. The Hall–Kier alpha value is -3.75. The molecule has 1 saturated heterocycles. The predicted octanol–water partition coefficient (Wildman–Crippen LogP) is 3.98. The van der Waals surface area contributed by atoms with E-state index in [1.165, 1.54) is 22.0 Å². The van der Waals surface area contributed by atoms with Crippen LogP contribution in [-0.4, -0.2) is 67.0 Å². The molecule has 0 saturated carbocycles. The van der Waals surface area contributed by atoms with E-state index in [1.807, 2.05) is 0 Å². The number of aryl methyl sites for hydroxylation is 1. The second-order valence-corrected chi connectivity index (χ2v) is 9.09. The molecule has 0 radical (unpaired) electrons. The van der Waals surface area contributed by atoms with Crippen molar-refractivity contribution >= 4 is 28.2 Å². The number of allylic oxidation sites excluding steroid dienone is 1. The molecule has 5 rings (SSSR count). The molecule has 7 nitrogen and oxygen atoms in total. The molecule has 0 N–H and O–H groups in total. The van der Waals surface area contributed by atoms with Crippen molar-refractivity contribution in [1.82, 2.24) is 14.9 Å². The summed E-state index contributed by atoms with van der Waals surface area (Å²) in [7, 11) is 1.56. The number of benzene rings is 2. The number of nitrogens with zero attached hydrogens (tertiary/aromatic N) is 5. The zero-order valence-electron chi connectivity index (χ0n) is 20.5. The van der Waals surface area contributed by atoms with Gasteiger partial charge in [0.1, 0.15) is 5.82 Å². The number of piperazine rings is 1. The fourth-order valence-electron chi connectivity index (χ4n) is 5.12. The zero-order chi connectivity index (χ0) is 25.2. The Kier molecular flexibility index (Phi) is 6.71. The van der Waals surface area contributed by atoms with Crippen LogP contribution in [0.3, 0.4) is 0 Å². The Morgan fingerprint density at radius 2 is 1.78 bits per heavy atom. The van der Waals surface area contributed by atoms with Gasteiger partial charge in [0.15, 0.2) is 0 Å². The van der Waals surface area contributed by atoms with E-state index in [0.29, 0.717) is 44.8 Å². The van der Waals surface area contributed by atoms with Gasteiger partial charge in [0, 0.05) is 55.4 Å². The van der Waals surface area contributed by atoms with Crippen molar-refractivity contribution in [2.75, 3.05) is 49.6 Å². The molecule has 0 unspecified atom stereocenters. The molecular formula is C27H29F2N5O2. The van der Waals surface area contributed by atoms with Crippen molar-refractivity contribution in [3.63, 3.8) is 0 Å². The third-order valence-corrected chi connectivity index (χ3v) is 6.91. The number of halogens is 2. The van der Waals surface area contributed by atoms with Gasteiger partial charge in [0.25, 0.3) is 6.43 Å². The summed E-state index contributed by atoms with van der Waals surface area (Å²) in [6, 6.07) is 13.1. The van der Waals surface area contributed by atoms with Crippen molar-refractivity contribution in [2.45, 2.75) is 26.3 Å². The Labute approximate surface area is 209 Å². The van der Waals surface area contributed by atoms with Gasteiger partial charge < -0.3 is 19.4 Å². The van der Waals surface area contributed by atoms with Crippen LogP contribution in [0.25, 0.3) is 10.8 Å². The van der Waals surface area contributed by atoms with Crippen LogP contribution in [-0.2, 0) is 17.8 Å². The lowest BCUT2D eigenvalue weighted by Crippen LogP contribution is -2.49. The lowest BCUT2D eigenvalue weighted by atomic mass is 9.99. The number of rotatable bonds is 5. The van der Waals surface area contributed by atoms with Gasteiger partial charge in [-0.05, 0) is 36.4 Å². The summed E-state index contributed by atoms with van der Waals surface area (Å²) in [4.78, 5) is 27.7. The molecule has 188 valence electrons. The van der Waals surface area contributed by atoms with E-state index < -0.39 is 12.3 Å². The fourth-order valence-corrected chi connectivity index (χ4v) is 5.12. The van der Waals surface area contributed by atoms with Gasteiger partial charge in [-0.1, -0.05) is 30.3 Å². The van der Waals surface area contributed by atoms with Crippen LogP contribution >= 0.6 is 0 Å². The third kappa shape index (κ3) is 4.69. The Balaban J connectivity index is 1.39. The topological polar surface area (TPSA) is 61.8 Å². The van der Waals surface area contributed by atoms with Crippen molar-refractivity contribution < 1.29 is 18.3 Å². The molecule has 1 fully saturated rings. The number of carbonyl (C=O) groups is 1. The molecule has 1 amide bonds. The number of hydrogen-bond acceptors (Lipinski definition) is 6. The highest BCUT2D eigenvalue weighted by molar-refractivity contribution is 5.97. The quantitative estimate of drug-likeness (QED) is 0.501. The minimum absolute atomic E-state index is 0.318. The highest BCUT2D eigenvalue weighted by Gasteiger charge is 2.29. The van der Waals surface area contributed by atoms with Gasteiger partial charge in [-0.25, -0.2) is 8.78 Å². The first-order valence-electron chi connectivity index (χ1n) is 12.1. The molecule has 0 bridgehead atoms. The van der Waals surface area contributed by atoms with E-state index in [-0.39, 0.29) is 0 Å². The summed E-state index contributed by atoms with van der Waals surface area (Å²) in [6.07, 6.45) is -0.261. The van der Waals surface area contributed by atoms with Crippen LogP contribution in [0.4, 0.5) is 20.3 Å². The molecule has 2 aliphatic heterocycles. The van der Waals surface area contributed by atoms with Crippen LogP contribution in [0.1, 0.15) is 16.8 Å². The molecular weight excluding hydrogens is 464 g/mol. The van der Waals surface area contributed by atoms with E-state index in [9.17, 15) is 13.6 Å². The Morgan fingerprint density at radius 1 is 1.03 bits per heavy atom. The van der Waals surface area contributed by atoms with Gasteiger partial charge in [0.05, 0.1) is 19.3 Å². The van der Waals surface area contributed by atoms with Gasteiger partial charge in [-0.15, -0.1) is 0 Å². The number of amides is 1. The molecule has 36 heavy (non-hydrogen) atoms. The maximum atomic E-state index is 12.4. The third-order valence-electron chi connectivity index (χ3n) is 6.91. The molecule has 1 aromatic heterocycles. The van der Waals surface area contributed by atoms with Gasteiger partial charge >= 0.3 is 6.01 Å². The molecule has 0 spiro atoms. The first kappa shape index (κ1) is 24.0. The van der Waals surface area contributed by atoms with E-state index in [0.717, 1.165) is 36.1 Å². The monoisotopic (exact) mass is 493 g/mol. The summed E-state index contributed by atoms with van der Waals surface area (Å²) in [6.45, 7) is 5.62. The molecule has 0 aliphatic carbocycles. The summed E-state index contributed by atoms with van der Waals surface area (Å²) >= 11 is 0. The van der Waals surface area contributed by atoms with Crippen LogP contribution in [0.2, 0.25) is 0 Å². The van der Waals surface area contributed by atoms with Crippen molar-refractivity contribution in [3.8, 4) is 6.01 Å². The minimum atomic E-state index is -2.63. The number of alkyl halides is 2. The largest absolute Gasteiger partial charge is 0.467 e. The van der Waals surface area contributed by atoms with E-state index in [2.05, 4.69) is 58.1 Å². The Bertz CT molecular complexity index is 1300. The molecule has 3 heterocycles. The van der Waals surface area contributed by atoms with E-state index in [1.54, 1.807) is 12.0 Å².